The molecule has 0 bridgehead atoms. The van der Waals surface area contributed by atoms with Crippen molar-refractivity contribution in [3.63, 3.8) is 0 Å². The predicted octanol–water partition coefficient (Wildman–Crippen LogP) is 4.85. The summed E-state index contributed by atoms with van der Waals surface area (Å²) in [5.74, 6) is -2.42. The van der Waals surface area contributed by atoms with E-state index in [1.165, 1.54) is 17.8 Å². The zero-order chi connectivity index (χ0) is 29.1. The highest BCUT2D eigenvalue weighted by Crippen LogP contribution is 2.37. The third-order valence-electron chi connectivity index (χ3n) is 5.52. The number of benzene rings is 1. The fourth-order valence-electron chi connectivity index (χ4n) is 3.10. The molecule has 0 fully saturated rings. The maximum atomic E-state index is 13.6. The maximum Gasteiger partial charge on any atom is 0.427 e. The van der Waals surface area contributed by atoms with Crippen molar-refractivity contribution < 1.29 is 46.1 Å². The number of carboxylic acid groups (broad SMARTS) is 1. The van der Waals surface area contributed by atoms with Gasteiger partial charge in [-0.15, -0.1) is 0 Å². The minimum atomic E-state index is -4.86. The number of rotatable bonds is 11. The van der Waals surface area contributed by atoms with Crippen LogP contribution in [0.5, 0.6) is 5.75 Å². The second-order valence-corrected chi connectivity index (χ2v) is 11.0. The number of hydrogen-bond donors (Lipinski definition) is 3. The minimum absolute atomic E-state index is 0.0468. The number of carbonyl (C=O) groups is 2. The van der Waals surface area contributed by atoms with Crippen LogP contribution in [-0.2, 0) is 26.1 Å². The molecule has 0 aliphatic carbocycles. The van der Waals surface area contributed by atoms with E-state index >= 15 is 0 Å². The third kappa shape index (κ3) is 7.22. The Morgan fingerprint density at radius 3 is 2.45 bits per heavy atom. The summed E-state index contributed by atoms with van der Waals surface area (Å²) in [6.45, 7) is 4.44. The van der Waals surface area contributed by atoms with E-state index < -0.39 is 50.4 Å². The maximum absolute atomic E-state index is 13.6. The van der Waals surface area contributed by atoms with Crippen molar-refractivity contribution in [3.8, 4) is 5.75 Å². The molecule has 2 rings (SSSR count). The van der Waals surface area contributed by atoms with Crippen LogP contribution >= 0.6 is 11.6 Å². The number of phenolic OH excluding ortho intramolecular Hbond substituents is 1. The number of carbonyl (C=O) groups excluding carboxylic acids is 1. The van der Waals surface area contributed by atoms with Crippen LogP contribution in [0.3, 0.4) is 0 Å². The molecule has 1 atom stereocenters. The summed E-state index contributed by atoms with van der Waals surface area (Å²) < 4.78 is 72.9. The highest BCUT2D eigenvalue weighted by atomic mass is 35.5. The number of aromatic nitrogens is 2. The summed E-state index contributed by atoms with van der Waals surface area (Å²) >= 11 is 6.06. The average Bonchev–Trinajstić information content (AvgIpc) is 3.18. The van der Waals surface area contributed by atoms with E-state index in [1.807, 2.05) is 0 Å². The Bertz CT molecular complexity index is 1280. The summed E-state index contributed by atoms with van der Waals surface area (Å²) in [6, 6.07) is 3.17. The average molecular weight is 585 g/mol. The first-order valence-corrected chi connectivity index (χ1v) is 13.1. The zero-order valence-corrected chi connectivity index (χ0v) is 22.5. The molecule has 0 spiro atoms. The number of carboxylic acids is 1. The van der Waals surface area contributed by atoms with Gasteiger partial charge in [0.2, 0.25) is 5.60 Å². The Morgan fingerprint density at radius 1 is 1.29 bits per heavy atom. The Hall–Kier alpha value is -3.20. The fraction of sp³-hybridized carbons (Fsp3) is 0.500. The normalized spacial score (nSPS) is 13.2. The van der Waals surface area contributed by atoms with E-state index in [2.05, 4.69) is 15.2 Å². The van der Waals surface area contributed by atoms with E-state index in [0.717, 1.165) is 22.5 Å². The van der Waals surface area contributed by atoms with Gasteiger partial charge >= 0.3 is 18.2 Å². The molecular formula is C22H28ClF3N4O7S. The second kappa shape index (κ2) is 11.7. The first-order chi connectivity index (χ1) is 17.4. The van der Waals surface area contributed by atoms with E-state index in [-0.39, 0.29) is 35.9 Å². The van der Waals surface area contributed by atoms with Gasteiger partial charge in [0.15, 0.2) is 5.15 Å². The van der Waals surface area contributed by atoms with Crippen LogP contribution in [0.4, 0.5) is 29.3 Å². The number of nitrogens with one attached hydrogen (secondary N) is 1. The Labute approximate surface area is 222 Å². The lowest BCUT2D eigenvalue weighted by Crippen LogP contribution is -2.44. The molecule has 0 saturated heterocycles. The molecular weight excluding hydrogens is 557 g/mol. The number of sulfonamides is 1. The van der Waals surface area contributed by atoms with Crippen LogP contribution in [0.2, 0.25) is 5.15 Å². The summed E-state index contributed by atoms with van der Waals surface area (Å²) in [4.78, 5) is 22.9. The van der Waals surface area contributed by atoms with E-state index in [0.29, 0.717) is 20.4 Å². The van der Waals surface area contributed by atoms with Crippen LogP contribution < -0.4 is 9.62 Å². The Morgan fingerprint density at radius 2 is 1.92 bits per heavy atom. The van der Waals surface area contributed by atoms with Crippen molar-refractivity contribution >= 4 is 45.1 Å². The Balaban J connectivity index is 2.47. The molecule has 1 aromatic carbocycles. The van der Waals surface area contributed by atoms with Gasteiger partial charge in [-0.25, -0.2) is 13.2 Å². The largest absolute Gasteiger partial charge is 0.506 e. The van der Waals surface area contributed by atoms with E-state index in [9.17, 15) is 36.3 Å². The van der Waals surface area contributed by atoms with Gasteiger partial charge in [0.05, 0.1) is 11.6 Å². The predicted molar refractivity (Wildman–Crippen MR) is 132 cm³/mol. The monoisotopic (exact) mass is 584 g/mol. The molecule has 0 aliphatic rings. The number of phenols is 1. The van der Waals surface area contributed by atoms with Gasteiger partial charge in [0.25, 0.3) is 10.0 Å². The first kappa shape index (κ1) is 31.0. The summed E-state index contributed by atoms with van der Waals surface area (Å²) in [5.41, 5.74) is -3.35. The van der Waals surface area contributed by atoms with Gasteiger partial charge in [-0.2, -0.15) is 18.3 Å². The lowest BCUT2D eigenvalue weighted by atomic mass is 10.1. The zero-order valence-electron chi connectivity index (χ0n) is 20.9. The highest BCUT2D eigenvalue weighted by molar-refractivity contribution is 7.93. The first-order valence-electron chi connectivity index (χ1n) is 11.3. The molecule has 1 amide bonds. The molecule has 16 heteroatoms. The quantitative estimate of drug-likeness (QED) is 0.317. The summed E-state index contributed by atoms with van der Waals surface area (Å²) in [6.07, 6.45) is -5.02. The number of hydrogen-bond acceptors (Lipinski definition) is 7. The number of aliphatic carboxylic acids is 1. The smallest absolute Gasteiger partial charge is 0.427 e. The van der Waals surface area contributed by atoms with Gasteiger partial charge in [-0.3, -0.25) is 19.1 Å². The highest BCUT2D eigenvalue weighted by Gasteiger charge is 2.51. The van der Waals surface area contributed by atoms with Crippen LogP contribution in [0.15, 0.2) is 29.3 Å². The standard InChI is InChI=1S/C22H28ClF3N4O7S/c1-5-29-12-17(18(23)28-29)38(35,36)30(10-6-7-13(2)19(32)33)15-11-14(8-9-16(15)31)27-20(34)37-21(3,4)22(24,25)26/h8-9,11-13,31H,5-7,10H2,1-4H3,(H,27,34)(H,32,33). The SMILES string of the molecule is CCn1cc(S(=O)(=O)N(CCCC(C)C(=O)O)c2cc(NC(=O)OC(C)(C)C(F)(F)F)ccc2O)c(Cl)n1. The van der Waals surface area contributed by atoms with Crippen molar-refractivity contribution in [3.05, 3.63) is 29.5 Å². The number of ether oxygens (including phenoxy) is 1. The van der Waals surface area contributed by atoms with E-state index in [4.69, 9.17) is 16.7 Å². The molecule has 1 unspecified atom stereocenters. The molecule has 0 aliphatic heterocycles. The number of halogens is 4. The van der Waals surface area contributed by atoms with Crippen molar-refractivity contribution in [2.45, 2.75) is 63.8 Å². The molecule has 212 valence electrons. The molecule has 11 nitrogen and oxygen atoms in total. The number of aryl methyl sites for hydroxylation is 1. The Kier molecular flexibility index (Phi) is 9.53. The summed E-state index contributed by atoms with van der Waals surface area (Å²) in [5, 5.41) is 25.3. The van der Waals surface area contributed by atoms with Crippen LogP contribution in [0, 0.1) is 5.92 Å². The topological polar surface area (TPSA) is 151 Å². The van der Waals surface area contributed by atoms with Gasteiger partial charge in [0.1, 0.15) is 10.6 Å². The van der Waals surface area contributed by atoms with Crippen molar-refractivity contribution in [1.29, 1.82) is 0 Å². The lowest BCUT2D eigenvalue weighted by molar-refractivity contribution is -0.242. The van der Waals surface area contributed by atoms with Crippen molar-refractivity contribution in [1.82, 2.24) is 9.78 Å². The summed E-state index contributed by atoms with van der Waals surface area (Å²) in [7, 11) is -4.49. The second-order valence-electron chi connectivity index (χ2n) is 8.82. The van der Waals surface area contributed by atoms with Gasteiger partial charge in [-0.1, -0.05) is 18.5 Å². The number of alkyl halides is 3. The number of aromatic hydroxyl groups is 1. The van der Waals surface area contributed by atoms with Gasteiger partial charge < -0.3 is 14.9 Å². The fourth-order valence-corrected chi connectivity index (χ4v) is 5.06. The van der Waals surface area contributed by atoms with Gasteiger partial charge in [-0.05, 0) is 51.8 Å². The molecule has 1 heterocycles. The van der Waals surface area contributed by atoms with Crippen molar-refractivity contribution in [2.75, 3.05) is 16.2 Å². The minimum Gasteiger partial charge on any atom is -0.506 e. The molecule has 3 N–H and O–H groups in total. The lowest BCUT2D eigenvalue weighted by Gasteiger charge is -2.28. The molecule has 38 heavy (non-hydrogen) atoms. The van der Waals surface area contributed by atoms with Crippen LogP contribution in [-0.4, -0.2) is 58.8 Å². The molecule has 0 radical (unpaired) electrons. The van der Waals surface area contributed by atoms with Crippen molar-refractivity contribution in [2.24, 2.45) is 5.92 Å². The molecule has 2 aromatic rings. The van der Waals surface area contributed by atoms with Gasteiger partial charge in [0, 0.05) is 25.0 Å². The third-order valence-corrected chi connectivity index (χ3v) is 7.72. The van der Waals surface area contributed by atoms with E-state index in [1.54, 1.807) is 6.92 Å². The van der Waals surface area contributed by atoms with Crippen LogP contribution in [0.1, 0.15) is 40.5 Å². The number of amides is 1. The number of nitrogens with zero attached hydrogens (tertiary/aromatic N) is 3. The molecule has 0 saturated carbocycles. The van der Waals surface area contributed by atoms with Crippen LogP contribution in [0.25, 0.3) is 0 Å². The molecule has 1 aromatic heterocycles. The number of anilines is 2.